The number of benzene rings is 1. The Morgan fingerprint density at radius 2 is 1.69 bits per heavy atom. The molecule has 32 heavy (non-hydrogen) atoms. The number of hydrogen-bond donors (Lipinski definition) is 1. The van der Waals surface area contributed by atoms with Crippen LogP contribution >= 0.6 is 0 Å². The third kappa shape index (κ3) is 4.70. The van der Waals surface area contributed by atoms with Gasteiger partial charge in [-0.2, -0.15) is 4.98 Å². The summed E-state index contributed by atoms with van der Waals surface area (Å²) in [6, 6.07) is 9.70. The third-order valence-corrected chi connectivity index (χ3v) is 5.97. The zero-order valence-electron chi connectivity index (χ0n) is 19.2. The van der Waals surface area contributed by atoms with Crippen molar-refractivity contribution in [2.75, 3.05) is 57.6 Å². The summed E-state index contributed by atoms with van der Waals surface area (Å²) < 4.78 is 10.8. The molecule has 4 rings (SSSR count). The highest BCUT2D eigenvalue weighted by Gasteiger charge is 2.21. The van der Waals surface area contributed by atoms with Crippen LogP contribution in [0, 0.1) is 0 Å². The maximum Gasteiger partial charge on any atom is 0.222 e. The molecule has 0 radical (unpaired) electrons. The summed E-state index contributed by atoms with van der Waals surface area (Å²) in [5, 5.41) is 0. The quantitative estimate of drug-likeness (QED) is 0.536. The van der Waals surface area contributed by atoms with E-state index >= 15 is 0 Å². The molecule has 0 aliphatic carbocycles. The molecule has 3 heterocycles. The van der Waals surface area contributed by atoms with E-state index in [4.69, 9.17) is 20.2 Å². The summed E-state index contributed by atoms with van der Waals surface area (Å²) in [6.07, 6.45) is 3.80. The molecular weight excluding hydrogens is 404 g/mol. The monoisotopic (exact) mass is 436 g/mol. The predicted octanol–water partition coefficient (Wildman–Crippen LogP) is 3.60. The Morgan fingerprint density at radius 3 is 2.41 bits per heavy atom. The fraction of sp³-hybridized carbons (Fsp3) is 0.458. The molecule has 1 aliphatic rings. The summed E-state index contributed by atoms with van der Waals surface area (Å²) >= 11 is 0. The average molecular weight is 437 g/mol. The Bertz CT molecular complexity index is 1070. The van der Waals surface area contributed by atoms with Gasteiger partial charge in [0, 0.05) is 31.7 Å². The van der Waals surface area contributed by atoms with Gasteiger partial charge in [0.25, 0.3) is 0 Å². The largest absolute Gasteiger partial charge is 0.493 e. The molecule has 0 bridgehead atoms. The highest BCUT2D eigenvalue weighted by molar-refractivity contribution is 5.88. The van der Waals surface area contributed by atoms with Crippen LogP contribution in [0.3, 0.4) is 0 Å². The van der Waals surface area contributed by atoms with E-state index in [0.29, 0.717) is 11.5 Å². The second-order valence-electron chi connectivity index (χ2n) is 8.08. The van der Waals surface area contributed by atoms with Gasteiger partial charge >= 0.3 is 0 Å². The van der Waals surface area contributed by atoms with Crippen molar-refractivity contribution in [3.63, 3.8) is 0 Å². The van der Waals surface area contributed by atoms with Crippen molar-refractivity contribution < 1.29 is 9.47 Å². The maximum atomic E-state index is 6.04. The number of unbranched alkanes of at least 4 members (excludes halogenated alkanes) is 2. The average Bonchev–Trinajstić information content (AvgIpc) is 2.83. The number of pyridine rings is 1. The molecule has 1 aromatic carbocycles. The minimum absolute atomic E-state index is 0.276. The Hall–Kier alpha value is -3.13. The third-order valence-electron chi connectivity index (χ3n) is 5.97. The van der Waals surface area contributed by atoms with Gasteiger partial charge in [-0.3, -0.25) is 4.90 Å². The smallest absolute Gasteiger partial charge is 0.222 e. The molecule has 0 saturated carbocycles. The molecule has 0 unspecified atom stereocenters. The lowest BCUT2D eigenvalue weighted by Crippen LogP contribution is -2.47. The number of fused-ring (bicyclic) bond motifs is 1. The molecule has 8 nitrogen and oxygen atoms in total. The van der Waals surface area contributed by atoms with Gasteiger partial charge < -0.3 is 20.1 Å². The van der Waals surface area contributed by atoms with Crippen molar-refractivity contribution in [3.05, 3.63) is 30.3 Å². The molecule has 0 amide bonds. The molecule has 0 spiro atoms. The van der Waals surface area contributed by atoms with Gasteiger partial charge in [-0.1, -0.05) is 19.8 Å². The number of methoxy groups -OCH3 is 2. The number of nitrogens with zero attached hydrogens (tertiary/aromatic N) is 5. The summed E-state index contributed by atoms with van der Waals surface area (Å²) in [5.74, 6) is 2.44. The highest BCUT2D eigenvalue weighted by atomic mass is 16.5. The molecule has 1 aliphatic heterocycles. The number of hydrogen-bond acceptors (Lipinski definition) is 8. The van der Waals surface area contributed by atoms with Gasteiger partial charge in [-0.25, -0.2) is 9.97 Å². The number of nitrogens with two attached hydrogens (primary N) is 1. The fourth-order valence-corrected chi connectivity index (χ4v) is 4.16. The molecular formula is C24H32N6O2. The van der Waals surface area contributed by atoms with Crippen LogP contribution in [-0.4, -0.2) is 66.8 Å². The van der Waals surface area contributed by atoms with Crippen molar-refractivity contribution in [3.8, 4) is 22.8 Å². The Morgan fingerprint density at radius 1 is 0.906 bits per heavy atom. The number of piperazine rings is 1. The lowest BCUT2D eigenvalue weighted by Gasteiger charge is -2.35. The predicted molar refractivity (Wildman–Crippen MR) is 128 cm³/mol. The zero-order chi connectivity index (χ0) is 22.5. The first-order valence-electron chi connectivity index (χ1n) is 11.3. The Kier molecular flexibility index (Phi) is 6.90. The summed E-state index contributed by atoms with van der Waals surface area (Å²) in [5.41, 5.74) is 9.33. The summed E-state index contributed by atoms with van der Waals surface area (Å²) in [7, 11) is 3.26. The molecule has 2 aromatic heterocycles. The lowest BCUT2D eigenvalue weighted by molar-refractivity contribution is 0.252. The van der Waals surface area contributed by atoms with E-state index in [1.54, 1.807) is 14.2 Å². The SMILES string of the molecule is CCCCCN1CCN(c2nc(N)nc3ccc(-c4ccc(OC)c(OC)c4)nc23)CC1. The van der Waals surface area contributed by atoms with Crippen LogP contribution in [0.25, 0.3) is 22.3 Å². The number of ether oxygens (including phenoxy) is 2. The van der Waals surface area contributed by atoms with Crippen molar-refractivity contribution in [2.45, 2.75) is 26.2 Å². The second-order valence-corrected chi connectivity index (χ2v) is 8.08. The fourth-order valence-electron chi connectivity index (χ4n) is 4.16. The first-order chi connectivity index (χ1) is 15.6. The molecule has 3 aromatic rings. The van der Waals surface area contributed by atoms with Crippen molar-refractivity contribution >= 4 is 22.8 Å². The Labute approximate surface area is 189 Å². The number of aromatic nitrogens is 3. The van der Waals surface area contributed by atoms with Gasteiger partial charge in [0.15, 0.2) is 17.3 Å². The van der Waals surface area contributed by atoms with Crippen molar-refractivity contribution in [1.29, 1.82) is 0 Å². The molecule has 1 fully saturated rings. The molecule has 170 valence electrons. The number of anilines is 2. The van der Waals surface area contributed by atoms with Crippen LogP contribution in [0.15, 0.2) is 30.3 Å². The van der Waals surface area contributed by atoms with E-state index in [1.807, 2.05) is 30.3 Å². The highest BCUT2D eigenvalue weighted by Crippen LogP contribution is 2.33. The minimum atomic E-state index is 0.276. The van der Waals surface area contributed by atoms with Gasteiger partial charge in [0.05, 0.1) is 25.4 Å². The van der Waals surface area contributed by atoms with Gasteiger partial charge in [0.2, 0.25) is 5.95 Å². The topological polar surface area (TPSA) is 89.6 Å². The molecule has 0 atom stereocenters. The van der Waals surface area contributed by atoms with Crippen LogP contribution in [0.2, 0.25) is 0 Å². The lowest BCUT2D eigenvalue weighted by atomic mass is 10.1. The van der Waals surface area contributed by atoms with Gasteiger partial charge in [0.1, 0.15) is 5.52 Å². The Balaban J connectivity index is 1.63. The van der Waals surface area contributed by atoms with Crippen LogP contribution in [0.5, 0.6) is 11.5 Å². The van der Waals surface area contributed by atoms with Crippen LogP contribution in [0.1, 0.15) is 26.2 Å². The zero-order valence-corrected chi connectivity index (χ0v) is 19.2. The normalized spacial score (nSPS) is 14.7. The van der Waals surface area contributed by atoms with Gasteiger partial charge in [-0.15, -0.1) is 0 Å². The van der Waals surface area contributed by atoms with Crippen molar-refractivity contribution in [2.24, 2.45) is 0 Å². The first-order valence-corrected chi connectivity index (χ1v) is 11.3. The number of nitrogen functional groups attached to an aromatic ring is 1. The summed E-state index contributed by atoms with van der Waals surface area (Å²) in [6.45, 7) is 7.25. The number of rotatable bonds is 8. The standard InChI is InChI=1S/C24H32N6O2/c1-4-5-6-11-29-12-14-30(15-13-29)23-22-19(27-24(25)28-23)9-8-18(26-22)17-7-10-20(31-2)21(16-17)32-3/h7-10,16H,4-6,11-15H2,1-3H3,(H2,25,27,28). The first kappa shape index (κ1) is 22.1. The van der Waals surface area contributed by atoms with E-state index in [2.05, 4.69) is 26.7 Å². The van der Waals surface area contributed by atoms with E-state index in [-0.39, 0.29) is 5.95 Å². The van der Waals surface area contributed by atoms with E-state index in [9.17, 15) is 0 Å². The molecule has 8 heteroatoms. The summed E-state index contributed by atoms with van der Waals surface area (Å²) in [4.78, 5) is 18.8. The molecule has 2 N–H and O–H groups in total. The second kappa shape index (κ2) is 9.99. The van der Waals surface area contributed by atoms with Crippen LogP contribution in [0.4, 0.5) is 11.8 Å². The molecule has 1 saturated heterocycles. The van der Waals surface area contributed by atoms with Crippen LogP contribution in [-0.2, 0) is 0 Å². The maximum absolute atomic E-state index is 6.04. The van der Waals surface area contributed by atoms with E-state index in [1.165, 1.54) is 19.3 Å². The van der Waals surface area contributed by atoms with Crippen molar-refractivity contribution in [1.82, 2.24) is 19.9 Å². The minimum Gasteiger partial charge on any atom is -0.493 e. The van der Waals surface area contributed by atoms with Gasteiger partial charge in [-0.05, 0) is 43.3 Å². The van der Waals surface area contributed by atoms with E-state index in [0.717, 1.165) is 60.8 Å². The van der Waals surface area contributed by atoms with Crippen LogP contribution < -0.4 is 20.1 Å². The van der Waals surface area contributed by atoms with E-state index < -0.39 is 0 Å².